The van der Waals surface area contributed by atoms with Crippen LogP contribution in [0.3, 0.4) is 0 Å². The van der Waals surface area contributed by atoms with Crippen LogP contribution < -0.4 is 20.3 Å². The van der Waals surface area contributed by atoms with E-state index in [-0.39, 0.29) is 24.1 Å². The highest BCUT2D eigenvalue weighted by atomic mass is 19.1. The molecule has 29 heavy (non-hydrogen) atoms. The number of carbonyl (C=O) groups excluding carboxylic acids is 2. The minimum absolute atomic E-state index is 0.00274. The summed E-state index contributed by atoms with van der Waals surface area (Å²) in [6, 6.07) is 10.5. The summed E-state index contributed by atoms with van der Waals surface area (Å²) < 4.78 is 19.6. The van der Waals surface area contributed by atoms with Gasteiger partial charge in [-0.25, -0.2) is 9.18 Å². The maximum Gasteiger partial charge on any atom is 0.323 e. The number of fused-ring (bicyclic) bond motifs is 1. The molecule has 0 fully saturated rings. The number of para-hydroxylation sites is 1. The second-order valence-corrected chi connectivity index (χ2v) is 8.22. The number of urea groups is 1. The van der Waals surface area contributed by atoms with E-state index in [0.29, 0.717) is 23.7 Å². The highest BCUT2D eigenvalue weighted by molar-refractivity contribution is 6.02. The Morgan fingerprint density at radius 1 is 1.21 bits per heavy atom. The maximum atomic E-state index is 13.7. The van der Waals surface area contributed by atoms with Crippen LogP contribution in [0.4, 0.5) is 26.2 Å². The predicted molar refractivity (Wildman–Crippen MR) is 112 cm³/mol. The Bertz CT molecular complexity index is 927. The highest BCUT2D eigenvalue weighted by Gasteiger charge is 2.38. The smallest absolute Gasteiger partial charge is 0.323 e. The first kappa shape index (κ1) is 20.6. The lowest BCUT2D eigenvalue weighted by atomic mass is 9.92. The summed E-state index contributed by atoms with van der Waals surface area (Å²) in [5.74, 6) is 0.291. The molecule has 3 rings (SSSR count). The Hall–Kier alpha value is -3.09. The summed E-state index contributed by atoms with van der Waals surface area (Å²) in [7, 11) is 0. The van der Waals surface area contributed by atoms with E-state index in [4.69, 9.17) is 4.74 Å². The maximum absolute atomic E-state index is 13.7. The van der Waals surface area contributed by atoms with Gasteiger partial charge in [0.05, 0.1) is 16.8 Å². The molecule has 6 nitrogen and oxygen atoms in total. The van der Waals surface area contributed by atoms with Gasteiger partial charge in [-0.1, -0.05) is 26.0 Å². The Kier molecular flexibility index (Phi) is 5.77. The number of carbonyl (C=O) groups is 2. The van der Waals surface area contributed by atoms with Crippen molar-refractivity contribution in [3.63, 3.8) is 0 Å². The SMILES string of the molecule is CC(C)CN1C(=O)C(C)(C)COc2cc(NC(=O)Nc3ccccc3F)ccc21. The first-order valence-electron chi connectivity index (χ1n) is 9.59. The van der Waals surface area contributed by atoms with Crippen molar-refractivity contribution in [2.24, 2.45) is 11.3 Å². The second-order valence-electron chi connectivity index (χ2n) is 8.22. The fraction of sp³-hybridized carbons (Fsp3) is 0.364. The van der Waals surface area contributed by atoms with Gasteiger partial charge in [-0.3, -0.25) is 4.79 Å². The summed E-state index contributed by atoms with van der Waals surface area (Å²) in [6.07, 6.45) is 0. The lowest BCUT2D eigenvalue weighted by Gasteiger charge is -2.29. The minimum atomic E-state index is -0.663. The number of halogens is 1. The molecule has 0 radical (unpaired) electrons. The number of nitrogens with one attached hydrogen (secondary N) is 2. The number of hydrogen-bond donors (Lipinski definition) is 2. The van der Waals surface area contributed by atoms with Gasteiger partial charge in [0.25, 0.3) is 0 Å². The van der Waals surface area contributed by atoms with Crippen LogP contribution >= 0.6 is 0 Å². The number of hydrogen-bond acceptors (Lipinski definition) is 3. The van der Waals surface area contributed by atoms with Crippen LogP contribution in [0.5, 0.6) is 5.75 Å². The lowest BCUT2D eigenvalue weighted by Crippen LogP contribution is -2.43. The molecule has 2 N–H and O–H groups in total. The molecule has 0 aliphatic carbocycles. The molecule has 1 aliphatic rings. The number of nitrogens with zero attached hydrogens (tertiary/aromatic N) is 1. The number of rotatable bonds is 4. The normalized spacial score (nSPS) is 15.4. The van der Waals surface area contributed by atoms with Gasteiger partial charge >= 0.3 is 6.03 Å². The Labute approximate surface area is 170 Å². The van der Waals surface area contributed by atoms with Crippen LogP contribution in [0, 0.1) is 17.2 Å². The van der Waals surface area contributed by atoms with Crippen molar-refractivity contribution in [1.82, 2.24) is 0 Å². The van der Waals surface area contributed by atoms with Gasteiger partial charge in [-0.15, -0.1) is 0 Å². The van der Waals surface area contributed by atoms with Gasteiger partial charge < -0.3 is 20.3 Å². The van der Waals surface area contributed by atoms with E-state index in [1.165, 1.54) is 12.1 Å². The Morgan fingerprint density at radius 3 is 2.62 bits per heavy atom. The van der Waals surface area contributed by atoms with Gasteiger partial charge in [0.15, 0.2) is 0 Å². The molecule has 0 spiro atoms. The van der Waals surface area contributed by atoms with Crippen LogP contribution in [0.25, 0.3) is 0 Å². The average Bonchev–Trinajstić information content (AvgIpc) is 2.74. The van der Waals surface area contributed by atoms with Crippen molar-refractivity contribution in [1.29, 1.82) is 0 Å². The molecule has 3 amide bonds. The summed E-state index contributed by atoms with van der Waals surface area (Å²) in [5.41, 5.74) is 0.582. The lowest BCUT2D eigenvalue weighted by molar-refractivity contribution is -0.127. The molecular formula is C22H26FN3O3. The summed E-state index contributed by atoms with van der Waals surface area (Å²) >= 11 is 0. The van der Waals surface area contributed by atoms with E-state index in [9.17, 15) is 14.0 Å². The number of benzene rings is 2. The molecule has 0 unspecified atom stereocenters. The molecule has 0 saturated heterocycles. The number of ether oxygens (including phenoxy) is 1. The van der Waals surface area contributed by atoms with Crippen molar-refractivity contribution in [2.75, 3.05) is 28.7 Å². The van der Waals surface area contributed by atoms with E-state index in [1.807, 2.05) is 13.8 Å². The van der Waals surface area contributed by atoms with Gasteiger partial charge in [-0.05, 0) is 44.0 Å². The third kappa shape index (κ3) is 4.67. The van der Waals surface area contributed by atoms with Crippen LogP contribution in [-0.4, -0.2) is 25.1 Å². The Balaban J connectivity index is 1.83. The van der Waals surface area contributed by atoms with Crippen molar-refractivity contribution in [2.45, 2.75) is 27.7 Å². The molecule has 154 valence electrons. The second kappa shape index (κ2) is 8.11. The summed E-state index contributed by atoms with van der Waals surface area (Å²) in [6.45, 7) is 8.62. The standard InChI is InChI=1S/C22H26FN3O3/c1-14(2)12-26-18-10-9-15(11-19(18)29-13-22(3,4)20(26)27)24-21(28)25-17-8-6-5-7-16(17)23/h5-11,14H,12-13H2,1-4H3,(H2,24,25,28). The zero-order chi connectivity index (χ0) is 21.2. The first-order chi connectivity index (χ1) is 13.7. The molecular weight excluding hydrogens is 373 g/mol. The molecule has 0 bridgehead atoms. The Morgan fingerprint density at radius 2 is 1.93 bits per heavy atom. The quantitative estimate of drug-likeness (QED) is 0.770. The van der Waals surface area contributed by atoms with E-state index in [2.05, 4.69) is 24.5 Å². The molecule has 1 aliphatic heterocycles. The van der Waals surface area contributed by atoms with Crippen molar-refractivity contribution in [3.05, 3.63) is 48.3 Å². The van der Waals surface area contributed by atoms with Crippen LogP contribution in [0.15, 0.2) is 42.5 Å². The topological polar surface area (TPSA) is 70.7 Å². The van der Waals surface area contributed by atoms with Gasteiger partial charge in [0.2, 0.25) is 5.91 Å². The molecule has 2 aromatic carbocycles. The average molecular weight is 399 g/mol. The molecule has 1 heterocycles. The third-order valence-corrected chi connectivity index (χ3v) is 4.59. The van der Waals surface area contributed by atoms with E-state index in [0.717, 1.165) is 0 Å². The molecule has 0 aromatic heterocycles. The minimum Gasteiger partial charge on any atom is -0.490 e. The fourth-order valence-corrected chi connectivity index (χ4v) is 3.12. The predicted octanol–water partition coefficient (Wildman–Crippen LogP) is 4.88. The molecule has 2 aromatic rings. The van der Waals surface area contributed by atoms with E-state index in [1.54, 1.807) is 35.2 Å². The van der Waals surface area contributed by atoms with Crippen LogP contribution in [0.1, 0.15) is 27.7 Å². The van der Waals surface area contributed by atoms with Gasteiger partial charge in [0, 0.05) is 18.3 Å². The molecule has 7 heteroatoms. The zero-order valence-corrected chi connectivity index (χ0v) is 17.1. The van der Waals surface area contributed by atoms with Gasteiger partial charge in [-0.2, -0.15) is 0 Å². The number of anilines is 3. The zero-order valence-electron chi connectivity index (χ0n) is 17.1. The van der Waals surface area contributed by atoms with Crippen molar-refractivity contribution < 1.29 is 18.7 Å². The van der Waals surface area contributed by atoms with Gasteiger partial charge in [0.1, 0.15) is 18.2 Å². The number of amides is 3. The molecule has 0 saturated carbocycles. The third-order valence-electron chi connectivity index (χ3n) is 4.59. The van der Waals surface area contributed by atoms with Crippen molar-refractivity contribution >= 4 is 29.0 Å². The summed E-state index contributed by atoms with van der Waals surface area (Å²) in [4.78, 5) is 27.0. The highest BCUT2D eigenvalue weighted by Crippen LogP contribution is 2.38. The van der Waals surface area contributed by atoms with Crippen LogP contribution in [0.2, 0.25) is 0 Å². The van der Waals surface area contributed by atoms with Crippen LogP contribution in [-0.2, 0) is 4.79 Å². The largest absolute Gasteiger partial charge is 0.490 e. The first-order valence-corrected chi connectivity index (χ1v) is 9.59. The summed E-state index contributed by atoms with van der Waals surface area (Å²) in [5, 5.41) is 5.15. The molecule has 0 atom stereocenters. The fourth-order valence-electron chi connectivity index (χ4n) is 3.12. The monoisotopic (exact) mass is 399 g/mol. The van der Waals surface area contributed by atoms with Crippen molar-refractivity contribution in [3.8, 4) is 5.75 Å². The van der Waals surface area contributed by atoms with E-state index >= 15 is 0 Å². The van der Waals surface area contributed by atoms with E-state index < -0.39 is 17.3 Å².